The van der Waals surface area contributed by atoms with E-state index >= 15 is 0 Å². The number of aliphatic hydroxyl groups is 1. The van der Waals surface area contributed by atoms with Crippen LogP contribution in [0.1, 0.15) is 30.1 Å². The Kier molecular flexibility index (Phi) is 2.63. The summed E-state index contributed by atoms with van der Waals surface area (Å²) < 4.78 is 32.5. The third kappa shape index (κ3) is 1.71. The van der Waals surface area contributed by atoms with E-state index in [4.69, 9.17) is 4.52 Å². The van der Waals surface area contributed by atoms with Gasteiger partial charge >= 0.3 is 0 Å². The van der Waals surface area contributed by atoms with E-state index in [-0.39, 0.29) is 23.8 Å². The smallest absolute Gasteiger partial charge is 0.145 e. The number of hydrogen-bond acceptors (Lipinski definition) is 3. The van der Waals surface area contributed by atoms with Gasteiger partial charge in [0.25, 0.3) is 0 Å². The van der Waals surface area contributed by atoms with Gasteiger partial charge in [0.2, 0.25) is 0 Å². The summed E-state index contributed by atoms with van der Waals surface area (Å²) in [5.41, 5.74) is 0.216. The summed E-state index contributed by atoms with van der Waals surface area (Å²) in [6.07, 6.45) is 1.92. The molecule has 0 atom stereocenters. The van der Waals surface area contributed by atoms with Crippen molar-refractivity contribution in [1.29, 1.82) is 0 Å². The number of hydrogen-bond donors (Lipinski definition) is 1. The zero-order valence-electron chi connectivity index (χ0n) is 9.49. The lowest BCUT2D eigenvalue weighted by atomic mass is 10.0. The normalized spacial score (nSPS) is 15.1. The average molecular weight is 251 g/mol. The van der Waals surface area contributed by atoms with Crippen LogP contribution in [0.3, 0.4) is 0 Å². The van der Waals surface area contributed by atoms with Crippen LogP contribution in [0, 0.1) is 11.6 Å². The second-order valence-electron chi connectivity index (χ2n) is 4.40. The summed E-state index contributed by atoms with van der Waals surface area (Å²) in [4.78, 5) is 0. The van der Waals surface area contributed by atoms with Crippen molar-refractivity contribution in [3.8, 4) is 11.3 Å². The van der Waals surface area contributed by atoms with Crippen molar-refractivity contribution in [2.24, 2.45) is 0 Å². The second-order valence-corrected chi connectivity index (χ2v) is 4.40. The summed E-state index contributed by atoms with van der Waals surface area (Å²) in [6, 6.07) is 3.60. The summed E-state index contributed by atoms with van der Waals surface area (Å²) in [6.45, 7) is -0.335. The van der Waals surface area contributed by atoms with E-state index in [1.54, 1.807) is 0 Å². The van der Waals surface area contributed by atoms with E-state index in [0.717, 1.165) is 25.0 Å². The van der Waals surface area contributed by atoms with E-state index in [0.29, 0.717) is 11.3 Å². The fourth-order valence-corrected chi connectivity index (χ4v) is 2.06. The van der Waals surface area contributed by atoms with Gasteiger partial charge in [-0.2, -0.15) is 0 Å². The van der Waals surface area contributed by atoms with Gasteiger partial charge in [0.05, 0.1) is 12.2 Å². The molecule has 1 aliphatic rings. The third-order valence-corrected chi connectivity index (χ3v) is 3.12. The molecule has 0 bridgehead atoms. The van der Waals surface area contributed by atoms with Gasteiger partial charge in [-0.3, -0.25) is 0 Å². The average Bonchev–Trinajstić information content (AvgIpc) is 3.10. The zero-order valence-corrected chi connectivity index (χ0v) is 9.49. The van der Waals surface area contributed by atoms with Crippen molar-refractivity contribution in [1.82, 2.24) is 5.16 Å². The lowest BCUT2D eigenvalue weighted by molar-refractivity contribution is 0.277. The van der Waals surface area contributed by atoms with Crippen LogP contribution in [-0.2, 0) is 6.61 Å². The van der Waals surface area contributed by atoms with Gasteiger partial charge in [0.15, 0.2) is 0 Å². The number of aliphatic hydroxyl groups excluding tert-OH is 1. The Hall–Kier alpha value is -1.75. The van der Waals surface area contributed by atoms with E-state index in [9.17, 15) is 13.9 Å². The molecule has 1 aliphatic carbocycles. The molecule has 1 N–H and O–H groups in total. The summed E-state index contributed by atoms with van der Waals surface area (Å²) in [5, 5.41) is 13.1. The Morgan fingerprint density at radius 1 is 1.28 bits per heavy atom. The molecule has 1 aromatic heterocycles. The molecule has 0 radical (unpaired) electrons. The largest absolute Gasteiger partial charge is 0.391 e. The molecule has 3 rings (SSSR count). The highest BCUT2D eigenvalue weighted by molar-refractivity contribution is 5.65. The Morgan fingerprint density at radius 3 is 2.50 bits per heavy atom. The number of nitrogens with zero attached hydrogens (tertiary/aromatic N) is 1. The van der Waals surface area contributed by atoms with Crippen LogP contribution < -0.4 is 0 Å². The van der Waals surface area contributed by atoms with Crippen molar-refractivity contribution >= 4 is 0 Å². The SMILES string of the molecule is OCc1c(-c2c(F)cccc2F)noc1C1CC1. The molecule has 18 heavy (non-hydrogen) atoms. The lowest BCUT2D eigenvalue weighted by Crippen LogP contribution is -1.95. The van der Waals surface area contributed by atoms with E-state index in [2.05, 4.69) is 5.16 Å². The molecule has 0 saturated heterocycles. The lowest BCUT2D eigenvalue weighted by Gasteiger charge is -2.03. The van der Waals surface area contributed by atoms with Crippen molar-refractivity contribution in [3.63, 3.8) is 0 Å². The molecule has 1 saturated carbocycles. The molecule has 5 heteroatoms. The molecule has 1 heterocycles. The maximum Gasteiger partial charge on any atom is 0.145 e. The number of aromatic nitrogens is 1. The fraction of sp³-hybridized carbons (Fsp3) is 0.308. The first-order valence-corrected chi connectivity index (χ1v) is 5.76. The minimum Gasteiger partial charge on any atom is -0.391 e. The van der Waals surface area contributed by atoms with Gasteiger partial charge in [0, 0.05) is 11.5 Å². The standard InChI is InChI=1S/C13H11F2NO2/c14-9-2-1-3-10(15)11(9)12-8(6-17)13(18-16-12)7-4-5-7/h1-3,7,17H,4-6H2. The van der Waals surface area contributed by atoms with Gasteiger partial charge in [-0.05, 0) is 25.0 Å². The minimum atomic E-state index is -0.708. The van der Waals surface area contributed by atoms with Gasteiger partial charge in [-0.15, -0.1) is 0 Å². The molecule has 3 nitrogen and oxygen atoms in total. The predicted molar refractivity (Wildman–Crippen MR) is 59.8 cm³/mol. The Bertz CT molecular complexity index is 570. The zero-order chi connectivity index (χ0) is 12.7. The van der Waals surface area contributed by atoms with Crippen LogP contribution >= 0.6 is 0 Å². The fourth-order valence-electron chi connectivity index (χ4n) is 2.06. The van der Waals surface area contributed by atoms with Crippen molar-refractivity contribution in [3.05, 3.63) is 41.2 Å². The molecule has 1 aromatic carbocycles. The van der Waals surface area contributed by atoms with E-state index in [1.165, 1.54) is 6.07 Å². The van der Waals surface area contributed by atoms with Crippen LogP contribution in [-0.4, -0.2) is 10.3 Å². The highest BCUT2D eigenvalue weighted by Gasteiger charge is 2.33. The molecule has 1 fully saturated rings. The topological polar surface area (TPSA) is 46.3 Å². The maximum atomic E-state index is 13.7. The van der Waals surface area contributed by atoms with Gasteiger partial charge in [0.1, 0.15) is 23.1 Å². The van der Waals surface area contributed by atoms with Crippen molar-refractivity contribution in [2.75, 3.05) is 0 Å². The Morgan fingerprint density at radius 2 is 1.94 bits per heavy atom. The van der Waals surface area contributed by atoms with Crippen LogP contribution in [0.15, 0.2) is 22.7 Å². The van der Waals surface area contributed by atoms with Crippen molar-refractivity contribution < 1.29 is 18.4 Å². The molecule has 0 spiro atoms. The molecule has 0 aliphatic heterocycles. The molecule has 0 unspecified atom stereocenters. The number of halogens is 2. The molecule has 2 aromatic rings. The highest BCUT2D eigenvalue weighted by atomic mass is 19.1. The first kappa shape index (κ1) is 11.3. The van der Waals surface area contributed by atoms with Crippen LogP contribution in [0.5, 0.6) is 0 Å². The highest BCUT2D eigenvalue weighted by Crippen LogP contribution is 2.44. The van der Waals surface area contributed by atoms with Crippen LogP contribution in [0.4, 0.5) is 8.78 Å². The van der Waals surface area contributed by atoms with Crippen molar-refractivity contribution in [2.45, 2.75) is 25.4 Å². The Balaban J connectivity index is 2.16. The summed E-state index contributed by atoms with van der Waals surface area (Å²) in [7, 11) is 0. The maximum absolute atomic E-state index is 13.7. The third-order valence-electron chi connectivity index (χ3n) is 3.12. The van der Waals surface area contributed by atoms with E-state index < -0.39 is 11.6 Å². The summed E-state index contributed by atoms with van der Waals surface area (Å²) in [5.74, 6) is -0.640. The second kappa shape index (κ2) is 4.17. The number of benzene rings is 1. The first-order valence-electron chi connectivity index (χ1n) is 5.76. The molecule has 0 amide bonds. The quantitative estimate of drug-likeness (QED) is 0.912. The monoisotopic (exact) mass is 251 g/mol. The molecular weight excluding hydrogens is 240 g/mol. The number of rotatable bonds is 3. The van der Waals surface area contributed by atoms with Crippen LogP contribution in [0.2, 0.25) is 0 Å². The van der Waals surface area contributed by atoms with Gasteiger partial charge < -0.3 is 9.63 Å². The van der Waals surface area contributed by atoms with E-state index in [1.807, 2.05) is 0 Å². The Labute approximate surface area is 102 Å². The predicted octanol–water partition coefficient (Wildman–Crippen LogP) is 2.99. The van der Waals surface area contributed by atoms with Gasteiger partial charge in [-0.1, -0.05) is 11.2 Å². The van der Waals surface area contributed by atoms with Crippen LogP contribution in [0.25, 0.3) is 11.3 Å². The minimum absolute atomic E-state index is 0.0648. The van der Waals surface area contributed by atoms with Gasteiger partial charge in [-0.25, -0.2) is 8.78 Å². The summed E-state index contributed by atoms with van der Waals surface area (Å²) >= 11 is 0. The molecular formula is C13H11F2NO2. The molecule has 94 valence electrons. The first-order chi connectivity index (χ1) is 8.72.